The Hall–Kier alpha value is -2.86. The Morgan fingerprint density at radius 1 is 1.00 bits per heavy atom. The summed E-state index contributed by atoms with van der Waals surface area (Å²) in [7, 11) is 3.04. The molecule has 0 unspecified atom stereocenters. The maximum absolute atomic E-state index is 11.7. The van der Waals surface area contributed by atoms with Crippen LogP contribution in [0.5, 0.6) is 5.75 Å². The molecular formula is C22H27N3O3. The molecule has 1 aliphatic heterocycles. The van der Waals surface area contributed by atoms with Crippen molar-refractivity contribution in [3.05, 3.63) is 59.7 Å². The molecule has 148 valence electrons. The molecule has 0 atom stereocenters. The summed E-state index contributed by atoms with van der Waals surface area (Å²) in [6.45, 7) is 7.09. The molecule has 3 rings (SSSR count). The van der Waals surface area contributed by atoms with E-state index in [9.17, 15) is 4.79 Å². The molecule has 0 aliphatic carbocycles. The molecule has 2 aromatic rings. The molecule has 28 heavy (non-hydrogen) atoms. The Labute approximate surface area is 166 Å². The molecule has 0 bridgehead atoms. The predicted octanol–water partition coefficient (Wildman–Crippen LogP) is 3.20. The van der Waals surface area contributed by atoms with Gasteiger partial charge in [-0.25, -0.2) is 9.79 Å². The third-order valence-corrected chi connectivity index (χ3v) is 4.97. The van der Waals surface area contributed by atoms with Gasteiger partial charge < -0.3 is 19.3 Å². The number of likely N-dealkylation sites (N-methyl/N-ethyl adjacent to an activating group) is 1. The van der Waals surface area contributed by atoms with Crippen molar-refractivity contribution in [2.75, 3.05) is 46.9 Å². The van der Waals surface area contributed by atoms with Gasteiger partial charge in [-0.1, -0.05) is 25.1 Å². The normalized spacial score (nSPS) is 15.4. The molecule has 0 radical (unpaired) electrons. The van der Waals surface area contributed by atoms with Gasteiger partial charge in [0.2, 0.25) is 0 Å². The monoisotopic (exact) mass is 381 g/mol. The van der Waals surface area contributed by atoms with Crippen LogP contribution in [0, 0.1) is 0 Å². The van der Waals surface area contributed by atoms with Crippen molar-refractivity contribution in [1.82, 2.24) is 9.80 Å². The van der Waals surface area contributed by atoms with E-state index < -0.39 is 0 Å². The minimum Gasteiger partial charge on any atom is -0.497 e. The average molecular weight is 381 g/mol. The van der Waals surface area contributed by atoms with E-state index in [2.05, 4.69) is 16.7 Å². The highest BCUT2D eigenvalue weighted by Gasteiger charge is 2.20. The Morgan fingerprint density at radius 2 is 1.68 bits per heavy atom. The van der Waals surface area contributed by atoms with E-state index in [1.165, 1.54) is 7.11 Å². The highest BCUT2D eigenvalue weighted by atomic mass is 16.5. The largest absolute Gasteiger partial charge is 0.497 e. The molecule has 1 fully saturated rings. The lowest BCUT2D eigenvalue weighted by Gasteiger charge is -2.36. The Balaban J connectivity index is 1.94. The van der Waals surface area contributed by atoms with Gasteiger partial charge in [-0.15, -0.1) is 0 Å². The molecule has 1 saturated heterocycles. The number of carbonyl (C=O) groups is 1. The highest BCUT2D eigenvalue weighted by molar-refractivity contribution is 6.01. The lowest BCUT2D eigenvalue weighted by atomic mass is 10.1. The van der Waals surface area contributed by atoms with Crippen LogP contribution in [0.15, 0.2) is 53.5 Å². The van der Waals surface area contributed by atoms with Gasteiger partial charge in [-0.05, 0) is 30.8 Å². The SMILES string of the molecule is CCN1CCN(C(=Nc2cccc(OC)c2)c2ccc(C(=O)OC)cc2)CC1. The van der Waals surface area contributed by atoms with Gasteiger partial charge in [-0.2, -0.15) is 0 Å². The topological polar surface area (TPSA) is 54.4 Å². The molecule has 0 aromatic heterocycles. The summed E-state index contributed by atoms with van der Waals surface area (Å²) in [6.07, 6.45) is 0. The van der Waals surface area contributed by atoms with Gasteiger partial charge in [0.1, 0.15) is 11.6 Å². The molecule has 0 spiro atoms. The molecule has 0 saturated carbocycles. The van der Waals surface area contributed by atoms with Crippen molar-refractivity contribution < 1.29 is 14.3 Å². The van der Waals surface area contributed by atoms with E-state index in [4.69, 9.17) is 14.5 Å². The molecular weight excluding hydrogens is 354 g/mol. The fourth-order valence-corrected chi connectivity index (χ4v) is 3.27. The number of methoxy groups -OCH3 is 2. The second kappa shape index (κ2) is 9.37. The number of nitrogens with zero attached hydrogens (tertiary/aromatic N) is 3. The van der Waals surface area contributed by atoms with Crippen LogP contribution in [0.1, 0.15) is 22.8 Å². The third-order valence-electron chi connectivity index (χ3n) is 4.97. The molecule has 2 aromatic carbocycles. The van der Waals surface area contributed by atoms with Crippen LogP contribution in [-0.2, 0) is 4.74 Å². The standard InChI is InChI=1S/C22H27N3O3/c1-4-24-12-14-25(15-13-24)21(23-19-6-5-7-20(16-19)27-2)17-8-10-18(11-9-17)22(26)28-3/h5-11,16H,4,12-15H2,1-3H3. The van der Waals surface area contributed by atoms with Crippen molar-refractivity contribution in [2.45, 2.75) is 6.92 Å². The van der Waals surface area contributed by atoms with E-state index in [1.54, 1.807) is 19.2 Å². The van der Waals surface area contributed by atoms with Crippen LogP contribution in [0.4, 0.5) is 5.69 Å². The van der Waals surface area contributed by atoms with Crippen LogP contribution in [0.2, 0.25) is 0 Å². The maximum Gasteiger partial charge on any atom is 0.337 e. The van der Waals surface area contributed by atoms with Gasteiger partial charge in [0, 0.05) is 37.8 Å². The van der Waals surface area contributed by atoms with Crippen LogP contribution in [0.25, 0.3) is 0 Å². The van der Waals surface area contributed by atoms with Crippen LogP contribution >= 0.6 is 0 Å². The smallest absolute Gasteiger partial charge is 0.337 e. The van der Waals surface area contributed by atoms with Crippen molar-refractivity contribution >= 4 is 17.5 Å². The molecule has 0 N–H and O–H groups in total. The van der Waals surface area contributed by atoms with Crippen molar-refractivity contribution in [2.24, 2.45) is 4.99 Å². The summed E-state index contributed by atoms with van der Waals surface area (Å²) in [5.41, 5.74) is 2.34. The summed E-state index contributed by atoms with van der Waals surface area (Å²) in [6, 6.07) is 15.2. The number of esters is 1. The van der Waals surface area contributed by atoms with Crippen LogP contribution in [0.3, 0.4) is 0 Å². The van der Waals surface area contributed by atoms with Gasteiger partial charge >= 0.3 is 5.97 Å². The summed E-state index contributed by atoms with van der Waals surface area (Å²) in [4.78, 5) is 21.4. The minimum atomic E-state index is -0.339. The van der Waals surface area contributed by atoms with Gasteiger partial charge in [0.15, 0.2) is 0 Å². The molecule has 0 amide bonds. The second-order valence-electron chi connectivity index (χ2n) is 6.63. The van der Waals surface area contributed by atoms with Gasteiger partial charge in [0.25, 0.3) is 0 Å². The average Bonchev–Trinajstić information content (AvgIpc) is 2.77. The number of ether oxygens (including phenoxy) is 2. The number of rotatable bonds is 5. The molecule has 6 heteroatoms. The summed E-state index contributed by atoms with van der Waals surface area (Å²) < 4.78 is 10.1. The summed E-state index contributed by atoms with van der Waals surface area (Å²) in [5.74, 6) is 1.34. The van der Waals surface area contributed by atoms with E-state index in [0.717, 1.165) is 55.6 Å². The fraction of sp³-hybridized carbons (Fsp3) is 0.364. The number of benzene rings is 2. The highest BCUT2D eigenvalue weighted by Crippen LogP contribution is 2.22. The Bertz CT molecular complexity index is 825. The number of hydrogen-bond donors (Lipinski definition) is 0. The Morgan fingerprint density at radius 3 is 2.29 bits per heavy atom. The van der Waals surface area contributed by atoms with E-state index in [0.29, 0.717) is 5.56 Å². The maximum atomic E-state index is 11.7. The number of aliphatic imine (C=N–C) groups is 1. The molecule has 1 aliphatic rings. The van der Waals surface area contributed by atoms with Crippen molar-refractivity contribution in [1.29, 1.82) is 0 Å². The van der Waals surface area contributed by atoms with Crippen LogP contribution < -0.4 is 4.74 Å². The first-order chi connectivity index (χ1) is 13.6. The molecule has 1 heterocycles. The van der Waals surface area contributed by atoms with Crippen LogP contribution in [-0.4, -0.2) is 68.5 Å². The quantitative estimate of drug-likeness (QED) is 0.452. The van der Waals surface area contributed by atoms with Gasteiger partial charge in [0.05, 0.1) is 25.5 Å². The number of amidine groups is 1. The zero-order chi connectivity index (χ0) is 19.9. The lowest BCUT2D eigenvalue weighted by Crippen LogP contribution is -2.48. The summed E-state index contributed by atoms with van der Waals surface area (Å²) in [5, 5.41) is 0. The minimum absolute atomic E-state index is 0.339. The Kier molecular flexibility index (Phi) is 6.66. The second-order valence-corrected chi connectivity index (χ2v) is 6.63. The predicted molar refractivity (Wildman–Crippen MR) is 111 cm³/mol. The van der Waals surface area contributed by atoms with E-state index >= 15 is 0 Å². The first-order valence-corrected chi connectivity index (χ1v) is 9.53. The van der Waals surface area contributed by atoms with Crippen molar-refractivity contribution in [3.63, 3.8) is 0 Å². The molecule has 6 nitrogen and oxygen atoms in total. The third kappa shape index (κ3) is 4.70. The van der Waals surface area contributed by atoms with Gasteiger partial charge in [-0.3, -0.25) is 0 Å². The zero-order valence-corrected chi connectivity index (χ0v) is 16.7. The lowest BCUT2D eigenvalue weighted by molar-refractivity contribution is 0.0600. The number of piperazine rings is 1. The van der Waals surface area contributed by atoms with E-state index in [1.807, 2.05) is 36.4 Å². The van der Waals surface area contributed by atoms with Crippen molar-refractivity contribution in [3.8, 4) is 5.75 Å². The number of carbonyl (C=O) groups excluding carboxylic acids is 1. The first-order valence-electron chi connectivity index (χ1n) is 9.53. The first kappa shape index (κ1) is 19.9. The number of hydrogen-bond acceptors (Lipinski definition) is 5. The fourth-order valence-electron chi connectivity index (χ4n) is 3.27. The zero-order valence-electron chi connectivity index (χ0n) is 16.7. The van der Waals surface area contributed by atoms with E-state index in [-0.39, 0.29) is 5.97 Å². The summed E-state index contributed by atoms with van der Waals surface area (Å²) >= 11 is 0.